The van der Waals surface area contributed by atoms with E-state index >= 15 is 0 Å². The summed E-state index contributed by atoms with van der Waals surface area (Å²) in [5.41, 5.74) is 0.911. The average Bonchev–Trinajstić information content (AvgIpc) is 2.44. The number of urea groups is 1. The Balaban J connectivity index is 1.82. The quantitative estimate of drug-likeness (QED) is 0.922. The summed E-state index contributed by atoms with van der Waals surface area (Å²) in [5, 5.41) is 2.91. The van der Waals surface area contributed by atoms with Crippen LogP contribution in [0, 0.1) is 13.8 Å². The highest BCUT2D eigenvalue weighted by molar-refractivity contribution is 5.74. The molecule has 2 amide bonds. The van der Waals surface area contributed by atoms with Gasteiger partial charge in [0.25, 0.3) is 0 Å². The molecule has 0 bridgehead atoms. The molecule has 116 valence electrons. The Morgan fingerprint density at radius 3 is 2.71 bits per heavy atom. The van der Waals surface area contributed by atoms with E-state index in [9.17, 15) is 4.79 Å². The predicted octanol–water partition coefficient (Wildman–Crippen LogP) is 2.06. The van der Waals surface area contributed by atoms with Crippen LogP contribution in [0.15, 0.2) is 6.07 Å². The van der Waals surface area contributed by atoms with Crippen molar-refractivity contribution >= 4 is 6.03 Å². The Morgan fingerprint density at radius 2 is 2.10 bits per heavy atom. The largest absolute Gasteiger partial charge is 0.474 e. The summed E-state index contributed by atoms with van der Waals surface area (Å²) in [7, 11) is 0. The number of hydrogen-bond donors (Lipinski definition) is 1. The van der Waals surface area contributed by atoms with E-state index in [0.717, 1.165) is 50.4 Å². The van der Waals surface area contributed by atoms with Gasteiger partial charge in [-0.3, -0.25) is 0 Å². The van der Waals surface area contributed by atoms with Crippen LogP contribution in [0.4, 0.5) is 4.79 Å². The second-order valence-corrected chi connectivity index (χ2v) is 5.43. The number of carbonyl (C=O) groups excluding carboxylic acids is 1. The molecule has 1 aliphatic heterocycles. The third kappa shape index (κ3) is 4.58. The van der Waals surface area contributed by atoms with E-state index in [2.05, 4.69) is 15.3 Å². The molecule has 0 aliphatic carbocycles. The van der Waals surface area contributed by atoms with Gasteiger partial charge in [-0.1, -0.05) is 6.92 Å². The number of piperidine rings is 1. The number of aromatic nitrogens is 2. The molecule has 0 aromatic carbocycles. The van der Waals surface area contributed by atoms with Crippen LogP contribution in [0.2, 0.25) is 0 Å². The highest BCUT2D eigenvalue weighted by Gasteiger charge is 2.24. The summed E-state index contributed by atoms with van der Waals surface area (Å²) in [4.78, 5) is 22.3. The lowest BCUT2D eigenvalue weighted by atomic mass is 10.1. The highest BCUT2D eigenvalue weighted by Crippen LogP contribution is 2.18. The Hall–Kier alpha value is -1.85. The molecule has 1 aliphatic rings. The zero-order valence-corrected chi connectivity index (χ0v) is 13.1. The van der Waals surface area contributed by atoms with Gasteiger partial charge in [-0.25, -0.2) is 9.78 Å². The van der Waals surface area contributed by atoms with Gasteiger partial charge in [0.1, 0.15) is 11.9 Å². The Morgan fingerprint density at radius 1 is 1.38 bits per heavy atom. The minimum absolute atomic E-state index is 0.0315. The molecule has 6 nitrogen and oxygen atoms in total. The first kappa shape index (κ1) is 15.5. The van der Waals surface area contributed by atoms with Gasteiger partial charge < -0.3 is 15.0 Å². The molecule has 1 fully saturated rings. The summed E-state index contributed by atoms with van der Waals surface area (Å²) >= 11 is 0. The zero-order valence-electron chi connectivity index (χ0n) is 13.1. The normalized spacial score (nSPS) is 15.9. The lowest BCUT2D eigenvalue weighted by Crippen LogP contribution is -2.46. The number of nitrogens with one attached hydrogen (secondary N) is 1. The number of aryl methyl sites for hydroxylation is 2. The third-order valence-electron chi connectivity index (χ3n) is 3.49. The standard InChI is InChI=1S/C15H24N4O2/c1-4-7-16-15(20)19-8-5-13(6-9-19)21-14-10-11(2)17-12(3)18-14/h10,13H,4-9H2,1-3H3,(H,16,20). The summed E-state index contributed by atoms with van der Waals surface area (Å²) in [6.45, 7) is 8.02. The van der Waals surface area contributed by atoms with E-state index in [1.165, 1.54) is 0 Å². The van der Waals surface area contributed by atoms with Crippen molar-refractivity contribution in [1.29, 1.82) is 0 Å². The number of amides is 2. The Labute approximate surface area is 125 Å². The van der Waals surface area contributed by atoms with Crippen LogP contribution >= 0.6 is 0 Å². The molecule has 0 saturated carbocycles. The van der Waals surface area contributed by atoms with E-state index in [4.69, 9.17) is 4.74 Å². The van der Waals surface area contributed by atoms with Gasteiger partial charge in [-0.15, -0.1) is 0 Å². The van der Waals surface area contributed by atoms with E-state index in [1.54, 1.807) is 0 Å². The van der Waals surface area contributed by atoms with Crippen LogP contribution in [0.3, 0.4) is 0 Å². The molecule has 0 atom stereocenters. The topological polar surface area (TPSA) is 67.4 Å². The van der Waals surface area contributed by atoms with Crippen LogP contribution in [-0.2, 0) is 0 Å². The van der Waals surface area contributed by atoms with Gasteiger partial charge >= 0.3 is 6.03 Å². The molecule has 0 unspecified atom stereocenters. The van der Waals surface area contributed by atoms with Crippen LogP contribution in [0.25, 0.3) is 0 Å². The lowest BCUT2D eigenvalue weighted by molar-refractivity contribution is 0.107. The summed E-state index contributed by atoms with van der Waals surface area (Å²) in [5.74, 6) is 1.36. The van der Waals surface area contributed by atoms with Crippen molar-refractivity contribution in [3.05, 3.63) is 17.6 Å². The predicted molar refractivity (Wildman–Crippen MR) is 80.4 cm³/mol. The van der Waals surface area contributed by atoms with Crippen LogP contribution < -0.4 is 10.1 Å². The van der Waals surface area contributed by atoms with Crippen molar-refractivity contribution in [3.63, 3.8) is 0 Å². The minimum atomic E-state index is 0.0315. The molecule has 1 aromatic heterocycles. The average molecular weight is 292 g/mol. The van der Waals surface area contributed by atoms with Crippen molar-refractivity contribution < 1.29 is 9.53 Å². The molecule has 21 heavy (non-hydrogen) atoms. The molecule has 0 radical (unpaired) electrons. The SMILES string of the molecule is CCCNC(=O)N1CCC(Oc2cc(C)nc(C)n2)CC1. The monoisotopic (exact) mass is 292 g/mol. The van der Waals surface area contributed by atoms with Crippen LogP contribution in [0.1, 0.15) is 37.7 Å². The fourth-order valence-corrected chi connectivity index (χ4v) is 2.43. The van der Waals surface area contributed by atoms with E-state index in [-0.39, 0.29) is 12.1 Å². The van der Waals surface area contributed by atoms with Gasteiger partial charge in [0, 0.05) is 44.2 Å². The highest BCUT2D eigenvalue weighted by atomic mass is 16.5. The first-order valence-electron chi connectivity index (χ1n) is 7.60. The molecule has 0 spiro atoms. The molecule has 1 N–H and O–H groups in total. The Bertz CT molecular complexity index is 464. The molecule has 1 saturated heterocycles. The van der Waals surface area contributed by atoms with Crippen LogP contribution in [-0.4, -0.2) is 46.6 Å². The van der Waals surface area contributed by atoms with E-state index in [0.29, 0.717) is 5.88 Å². The smallest absolute Gasteiger partial charge is 0.317 e. The summed E-state index contributed by atoms with van der Waals surface area (Å²) < 4.78 is 5.92. The van der Waals surface area contributed by atoms with Gasteiger partial charge in [-0.2, -0.15) is 4.98 Å². The van der Waals surface area contributed by atoms with Crippen LogP contribution in [0.5, 0.6) is 5.88 Å². The summed E-state index contributed by atoms with van der Waals surface area (Å²) in [6, 6.07) is 1.89. The second kappa shape index (κ2) is 7.24. The number of likely N-dealkylation sites (tertiary alicyclic amines) is 1. The van der Waals surface area contributed by atoms with Crippen molar-refractivity contribution in [1.82, 2.24) is 20.2 Å². The number of hydrogen-bond acceptors (Lipinski definition) is 4. The molecule has 6 heteroatoms. The molecule has 2 rings (SSSR count). The number of nitrogens with zero attached hydrogens (tertiary/aromatic N) is 3. The number of rotatable bonds is 4. The fraction of sp³-hybridized carbons (Fsp3) is 0.667. The van der Waals surface area contributed by atoms with Gasteiger partial charge in [0.05, 0.1) is 0 Å². The maximum absolute atomic E-state index is 11.9. The fourth-order valence-electron chi connectivity index (χ4n) is 2.43. The maximum Gasteiger partial charge on any atom is 0.317 e. The van der Waals surface area contributed by atoms with Crippen molar-refractivity contribution in [3.8, 4) is 5.88 Å². The van der Waals surface area contributed by atoms with Gasteiger partial charge in [0.2, 0.25) is 5.88 Å². The van der Waals surface area contributed by atoms with E-state index < -0.39 is 0 Å². The second-order valence-electron chi connectivity index (χ2n) is 5.43. The van der Waals surface area contributed by atoms with E-state index in [1.807, 2.05) is 31.7 Å². The maximum atomic E-state index is 11.9. The van der Waals surface area contributed by atoms with Gasteiger partial charge in [0.15, 0.2) is 0 Å². The van der Waals surface area contributed by atoms with Crippen molar-refractivity contribution in [2.75, 3.05) is 19.6 Å². The zero-order chi connectivity index (χ0) is 15.2. The number of ether oxygens (including phenoxy) is 1. The molecule has 1 aromatic rings. The van der Waals surface area contributed by atoms with Gasteiger partial charge in [-0.05, 0) is 20.3 Å². The first-order valence-corrected chi connectivity index (χ1v) is 7.60. The molecular weight excluding hydrogens is 268 g/mol. The summed E-state index contributed by atoms with van der Waals surface area (Å²) in [6.07, 6.45) is 2.75. The molecular formula is C15H24N4O2. The van der Waals surface area contributed by atoms with Crippen molar-refractivity contribution in [2.24, 2.45) is 0 Å². The lowest BCUT2D eigenvalue weighted by Gasteiger charge is -2.32. The minimum Gasteiger partial charge on any atom is -0.474 e. The molecule has 2 heterocycles. The number of carbonyl (C=O) groups is 1. The Kier molecular flexibility index (Phi) is 5.36. The third-order valence-corrected chi connectivity index (χ3v) is 3.49. The van der Waals surface area contributed by atoms with Crippen molar-refractivity contribution in [2.45, 2.75) is 46.1 Å². The first-order chi connectivity index (χ1) is 10.1.